The Kier molecular flexibility index (Phi) is 7.55. The van der Waals surface area contributed by atoms with Crippen LogP contribution in [-0.4, -0.2) is 35.6 Å². The Bertz CT molecular complexity index is 333. The summed E-state index contributed by atoms with van der Waals surface area (Å²) in [6, 6.07) is -1.44. The maximum Gasteiger partial charge on any atom is 0.312 e. The monoisotopic (exact) mass is 273 g/mol. The number of aliphatic carboxylic acids is 1. The molecular formula is C12H23N3O4. The molecule has 0 aromatic heterocycles. The van der Waals surface area contributed by atoms with E-state index in [9.17, 15) is 14.4 Å². The van der Waals surface area contributed by atoms with Gasteiger partial charge in [-0.2, -0.15) is 0 Å². The van der Waals surface area contributed by atoms with E-state index < -0.39 is 24.0 Å². The fraction of sp³-hybridized carbons (Fsp3) is 0.750. The van der Waals surface area contributed by atoms with E-state index >= 15 is 0 Å². The van der Waals surface area contributed by atoms with Crippen LogP contribution < -0.4 is 16.4 Å². The van der Waals surface area contributed by atoms with E-state index in [2.05, 4.69) is 10.6 Å². The van der Waals surface area contributed by atoms with Crippen molar-refractivity contribution in [3.05, 3.63) is 0 Å². The highest BCUT2D eigenvalue weighted by molar-refractivity contribution is 5.86. The van der Waals surface area contributed by atoms with E-state index in [1.54, 1.807) is 6.92 Å². The zero-order chi connectivity index (χ0) is 15.0. The van der Waals surface area contributed by atoms with Gasteiger partial charge in [-0.05, 0) is 12.3 Å². The molecule has 3 atom stereocenters. The molecule has 7 nitrogen and oxygen atoms in total. The lowest BCUT2D eigenvalue weighted by Gasteiger charge is -2.22. The highest BCUT2D eigenvalue weighted by Gasteiger charge is 2.25. The molecule has 3 amide bonds. The zero-order valence-electron chi connectivity index (χ0n) is 11.6. The largest absolute Gasteiger partial charge is 0.481 e. The Balaban J connectivity index is 4.32. The number of rotatable bonds is 8. The van der Waals surface area contributed by atoms with Crippen LogP contribution in [0.5, 0.6) is 0 Å². The van der Waals surface area contributed by atoms with Gasteiger partial charge in [0.05, 0.1) is 5.92 Å². The molecule has 0 aromatic carbocycles. The molecule has 0 aliphatic rings. The summed E-state index contributed by atoms with van der Waals surface area (Å²) in [4.78, 5) is 33.4. The Morgan fingerprint density at radius 2 is 1.84 bits per heavy atom. The van der Waals surface area contributed by atoms with Crippen LogP contribution in [0.15, 0.2) is 0 Å². The number of urea groups is 1. The van der Waals surface area contributed by atoms with E-state index in [0.29, 0.717) is 12.8 Å². The number of nitrogens with two attached hydrogens (primary N) is 1. The van der Waals surface area contributed by atoms with Crippen LogP contribution in [-0.2, 0) is 9.59 Å². The third kappa shape index (κ3) is 6.64. The molecule has 3 unspecified atom stereocenters. The minimum absolute atomic E-state index is 0.0515. The van der Waals surface area contributed by atoms with E-state index in [-0.39, 0.29) is 18.4 Å². The molecule has 19 heavy (non-hydrogen) atoms. The minimum Gasteiger partial charge on any atom is -0.481 e. The summed E-state index contributed by atoms with van der Waals surface area (Å²) < 4.78 is 0. The van der Waals surface area contributed by atoms with Crippen LogP contribution in [0.2, 0.25) is 0 Å². The van der Waals surface area contributed by atoms with Gasteiger partial charge in [0.25, 0.3) is 0 Å². The van der Waals surface area contributed by atoms with Gasteiger partial charge in [-0.15, -0.1) is 0 Å². The average molecular weight is 273 g/mol. The van der Waals surface area contributed by atoms with Crippen molar-refractivity contribution in [2.24, 2.45) is 17.6 Å². The van der Waals surface area contributed by atoms with Crippen molar-refractivity contribution in [2.75, 3.05) is 6.54 Å². The predicted octanol–water partition coefficient (Wildman–Crippen LogP) is 0.296. The molecule has 0 aliphatic carbocycles. The van der Waals surface area contributed by atoms with Crippen LogP contribution in [0.25, 0.3) is 0 Å². The van der Waals surface area contributed by atoms with E-state index in [1.807, 2.05) is 13.8 Å². The number of primary amides is 1. The van der Waals surface area contributed by atoms with E-state index in [4.69, 9.17) is 10.8 Å². The number of amides is 3. The number of carboxylic acids is 1. The van der Waals surface area contributed by atoms with Crippen LogP contribution in [0, 0.1) is 11.8 Å². The van der Waals surface area contributed by atoms with Crippen molar-refractivity contribution in [3.8, 4) is 0 Å². The van der Waals surface area contributed by atoms with Crippen LogP contribution in [0.3, 0.4) is 0 Å². The van der Waals surface area contributed by atoms with Crippen molar-refractivity contribution in [2.45, 2.75) is 39.7 Å². The van der Waals surface area contributed by atoms with Crippen molar-refractivity contribution in [3.63, 3.8) is 0 Å². The molecule has 0 bridgehead atoms. The molecule has 0 aliphatic heterocycles. The number of carboxylic acid groups (broad SMARTS) is 1. The van der Waals surface area contributed by atoms with Gasteiger partial charge in [0.15, 0.2) is 0 Å². The summed E-state index contributed by atoms with van der Waals surface area (Å²) in [7, 11) is 0. The topological polar surface area (TPSA) is 122 Å². The van der Waals surface area contributed by atoms with Gasteiger partial charge in [0.2, 0.25) is 5.91 Å². The Morgan fingerprint density at radius 1 is 1.26 bits per heavy atom. The smallest absolute Gasteiger partial charge is 0.312 e. The van der Waals surface area contributed by atoms with Crippen molar-refractivity contribution in [1.29, 1.82) is 0 Å². The second kappa shape index (κ2) is 8.34. The summed E-state index contributed by atoms with van der Waals surface area (Å²) in [6.45, 7) is 5.56. The molecule has 0 saturated heterocycles. The number of carbonyl (C=O) groups excluding carboxylic acids is 2. The van der Waals surface area contributed by atoms with Gasteiger partial charge in [-0.3, -0.25) is 9.59 Å². The van der Waals surface area contributed by atoms with Crippen molar-refractivity contribution < 1.29 is 19.5 Å². The molecule has 0 heterocycles. The SMILES string of the molecule is CCC(C)C(NC(N)=O)C(=O)NCCC(C)C(=O)O. The van der Waals surface area contributed by atoms with Gasteiger partial charge in [0, 0.05) is 6.54 Å². The molecule has 0 radical (unpaired) electrons. The molecule has 110 valence electrons. The molecule has 0 saturated carbocycles. The number of hydrogen-bond acceptors (Lipinski definition) is 3. The quantitative estimate of drug-likeness (QED) is 0.508. The number of hydrogen-bond donors (Lipinski definition) is 4. The van der Waals surface area contributed by atoms with E-state index in [0.717, 1.165) is 0 Å². The summed E-state index contributed by atoms with van der Waals surface area (Å²) in [5.74, 6) is -1.82. The lowest BCUT2D eigenvalue weighted by atomic mass is 9.98. The molecule has 5 N–H and O–H groups in total. The molecular weight excluding hydrogens is 250 g/mol. The van der Waals surface area contributed by atoms with Crippen LogP contribution >= 0.6 is 0 Å². The normalized spacial score (nSPS) is 15.1. The first-order valence-electron chi connectivity index (χ1n) is 6.36. The Labute approximate surface area is 112 Å². The standard InChI is InChI=1S/C12H23N3O4/c1-4-7(2)9(15-12(13)19)10(16)14-6-5-8(3)11(17)18/h7-9H,4-6H2,1-3H3,(H,14,16)(H,17,18)(H3,13,15,19). The van der Waals surface area contributed by atoms with Crippen LogP contribution in [0.1, 0.15) is 33.6 Å². The first-order chi connectivity index (χ1) is 8.79. The van der Waals surface area contributed by atoms with Gasteiger partial charge in [-0.1, -0.05) is 27.2 Å². The van der Waals surface area contributed by atoms with Crippen LogP contribution in [0.4, 0.5) is 4.79 Å². The Hall–Kier alpha value is -1.79. The maximum atomic E-state index is 11.9. The second-order valence-corrected chi connectivity index (χ2v) is 4.69. The molecule has 0 aromatic rings. The molecule has 0 rings (SSSR count). The lowest BCUT2D eigenvalue weighted by molar-refractivity contribution is -0.141. The lowest BCUT2D eigenvalue weighted by Crippen LogP contribution is -2.52. The van der Waals surface area contributed by atoms with Gasteiger partial charge >= 0.3 is 12.0 Å². The molecule has 7 heteroatoms. The highest BCUT2D eigenvalue weighted by Crippen LogP contribution is 2.08. The van der Waals surface area contributed by atoms with E-state index in [1.165, 1.54) is 0 Å². The summed E-state index contributed by atoms with van der Waals surface area (Å²) >= 11 is 0. The number of nitrogens with one attached hydrogen (secondary N) is 2. The van der Waals surface area contributed by atoms with Crippen molar-refractivity contribution in [1.82, 2.24) is 10.6 Å². The minimum atomic E-state index is -0.900. The first kappa shape index (κ1) is 17.2. The first-order valence-corrected chi connectivity index (χ1v) is 6.36. The third-order valence-electron chi connectivity index (χ3n) is 3.09. The Morgan fingerprint density at radius 3 is 2.26 bits per heavy atom. The predicted molar refractivity (Wildman–Crippen MR) is 70.4 cm³/mol. The highest BCUT2D eigenvalue weighted by atomic mass is 16.4. The summed E-state index contributed by atoms with van der Waals surface area (Å²) in [5, 5.41) is 13.7. The third-order valence-corrected chi connectivity index (χ3v) is 3.09. The summed E-state index contributed by atoms with van der Waals surface area (Å²) in [5.41, 5.74) is 5.03. The molecule has 0 spiro atoms. The van der Waals surface area contributed by atoms with Gasteiger partial charge in [-0.25, -0.2) is 4.79 Å². The van der Waals surface area contributed by atoms with Gasteiger partial charge < -0.3 is 21.5 Å². The number of carbonyl (C=O) groups is 3. The van der Waals surface area contributed by atoms with Gasteiger partial charge in [0.1, 0.15) is 6.04 Å². The molecule has 0 fully saturated rings. The second-order valence-electron chi connectivity index (χ2n) is 4.69. The van der Waals surface area contributed by atoms with Crippen molar-refractivity contribution >= 4 is 17.9 Å². The fourth-order valence-corrected chi connectivity index (χ4v) is 1.50. The fourth-order valence-electron chi connectivity index (χ4n) is 1.50. The summed E-state index contributed by atoms with van der Waals surface area (Å²) in [6.07, 6.45) is 1.05. The maximum absolute atomic E-state index is 11.9. The zero-order valence-corrected chi connectivity index (χ0v) is 11.6. The average Bonchev–Trinajstić information content (AvgIpc) is 2.34.